The maximum atomic E-state index is 12.0. The molecule has 0 unspecified atom stereocenters. The minimum Gasteiger partial charge on any atom is -0.497 e. The second-order valence-electron chi connectivity index (χ2n) is 6.00. The van der Waals surface area contributed by atoms with E-state index in [0.717, 1.165) is 0 Å². The topological polar surface area (TPSA) is 133 Å². The molecule has 0 aromatic heterocycles. The molecule has 1 aromatic rings. The molecule has 11 heteroatoms. The van der Waals surface area contributed by atoms with Gasteiger partial charge in [0.25, 0.3) is 5.91 Å². The van der Waals surface area contributed by atoms with Crippen molar-refractivity contribution in [3.05, 3.63) is 40.3 Å². The molecule has 0 aliphatic rings. The van der Waals surface area contributed by atoms with Crippen LogP contribution in [0, 0.1) is 0 Å². The first-order valence-corrected chi connectivity index (χ1v) is 10.1. The lowest BCUT2D eigenvalue weighted by Gasteiger charge is -2.08. The molecular formula is C20H32N4O7. The number of methoxy groups -OCH3 is 1. The van der Waals surface area contributed by atoms with Crippen molar-refractivity contribution < 1.29 is 33.2 Å². The number of rotatable bonds is 20. The van der Waals surface area contributed by atoms with Gasteiger partial charge >= 0.3 is 0 Å². The fourth-order valence-corrected chi connectivity index (χ4v) is 2.21. The molecule has 0 radical (unpaired) electrons. The van der Waals surface area contributed by atoms with Crippen molar-refractivity contribution in [2.45, 2.75) is 0 Å². The summed E-state index contributed by atoms with van der Waals surface area (Å²) in [5.74, 6) is 0.557. The standard InChI is InChI=1S/C20H32N4O7/c1-26-19-4-2-18(3-5-19)20(25)22-6-8-27-10-12-29-14-16-31-17-15-30-13-11-28-9-7-23-24-21/h2-5H,6-17H2,1H3,(H,22,25). The Kier molecular flexibility index (Phi) is 16.8. The lowest BCUT2D eigenvalue weighted by molar-refractivity contribution is -0.0102. The highest BCUT2D eigenvalue weighted by Crippen LogP contribution is 2.10. The van der Waals surface area contributed by atoms with Crippen molar-refractivity contribution in [1.29, 1.82) is 0 Å². The largest absolute Gasteiger partial charge is 0.497 e. The van der Waals surface area contributed by atoms with Crippen LogP contribution in [0.1, 0.15) is 10.4 Å². The van der Waals surface area contributed by atoms with Crippen LogP contribution in [0.2, 0.25) is 0 Å². The average molecular weight is 440 g/mol. The molecule has 31 heavy (non-hydrogen) atoms. The van der Waals surface area contributed by atoms with Gasteiger partial charge in [0.05, 0.1) is 73.2 Å². The van der Waals surface area contributed by atoms with Crippen LogP contribution < -0.4 is 10.1 Å². The van der Waals surface area contributed by atoms with Gasteiger partial charge in [-0.3, -0.25) is 4.79 Å². The van der Waals surface area contributed by atoms with Crippen LogP contribution in [0.3, 0.4) is 0 Å². The quantitative estimate of drug-likeness (QED) is 0.141. The Hall–Kier alpha value is -2.40. The zero-order valence-corrected chi connectivity index (χ0v) is 18.0. The maximum Gasteiger partial charge on any atom is 0.251 e. The normalized spacial score (nSPS) is 10.5. The van der Waals surface area contributed by atoms with E-state index in [1.807, 2.05) is 0 Å². The SMILES string of the molecule is COc1ccc(C(=O)NCCOCCOCCOCCOCCOCCN=[N+]=[N-])cc1. The van der Waals surface area contributed by atoms with Crippen LogP contribution in [0.4, 0.5) is 0 Å². The Morgan fingerprint density at radius 3 is 1.81 bits per heavy atom. The van der Waals surface area contributed by atoms with Gasteiger partial charge in [0.2, 0.25) is 0 Å². The number of amides is 1. The summed E-state index contributed by atoms with van der Waals surface area (Å²) in [6, 6.07) is 6.91. The Bertz CT molecular complexity index is 624. The third-order valence-electron chi connectivity index (χ3n) is 3.77. The van der Waals surface area contributed by atoms with Gasteiger partial charge in [0.1, 0.15) is 5.75 Å². The molecule has 0 bridgehead atoms. The third kappa shape index (κ3) is 15.1. The first kappa shape index (κ1) is 26.6. The van der Waals surface area contributed by atoms with Gasteiger partial charge in [-0.25, -0.2) is 0 Å². The number of azide groups is 1. The molecule has 0 fully saturated rings. The van der Waals surface area contributed by atoms with E-state index in [9.17, 15) is 4.79 Å². The third-order valence-corrected chi connectivity index (χ3v) is 3.77. The van der Waals surface area contributed by atoms with E-state index in [0.29, 0.717) is 90.5 Å². The minimum atomic E-state index is -0.151. The molecule has 0 heterocycles. The molecule has 1 rings (SSSR count). The number of benzene rings is 1. The van der Waals surface area contributed by atoms with Crippen molar-refractivity contribution in [3.8, 4) is 5.75 Å². The van der Waals surface area contributed by atoms with Crippen LogP contribution in [0.25, 0.3) is 10.4 Å². The second-order valence-corrected chi connectivity index (χ2v) is 6.00. The monoisotopic (exact) mass is 440 g/mol. The van der Waals surface area contributed by atoms with Gasteiger partial charge in [0, 0.05) is 23.6 Å². The van der Waals surface area contributed by atoms with Crippen LogP contribution in [0.5, 0.6) is 5.75 Å². The summed E-state index contributed by atoms with van der Waals surface area (Å²) < 4.78 is 31.8. The predicted octanol–water partition coefficient (Wildman–Crippen LogP) is 1.82. The molecular weight excluding hydrogens is 408 g/mol. The van der Waals surface area contributed by atoms with E-state index in [2.05, 4.69) is 15.3 Å². The number of hydrogen-bond donors (Lipinski definition) is 1. The summed E-state index contributed by atoms with van der Waals surface area (Å²) in [6.45, 7) is 5.28. The van der Waals surface area contributed by atoms with Crippen molar-refractivity contribution in [3.63, 3.8) is 0 Å². The highest BCUT2D eigenvalue weighted by Gasteiger charge is 2.04. The Balaban J connectivity index is 1.79. The fraction of sp³-hybridized carbons (Fsp3) is 0.650. The van der Waals surface area contributed by atoms with Gasteiger partial charge in [0.15, 0.2) is 0 Å². The van der Waals surface area contributed by atoms with Gasteiger partial charge in [-0.1, -0.05) is 5.11 Å². The summed E-state index contributed by atoms with van der Waals surface area (Å²) in [7, 11) is 1.58. The molecule has 1 aromatic carbocycles. The first-order valence-electron chi connectivity index (χ1n) is 10.1. The molecule has 0 atom stereocenters. The van der Waals surface area contributed by atoms with Crippen molar-refractivity contribution in [2.75, 3.05) is 86.3 Å². The van der Waals surface area contributed by atoms with Crippen LogP contribution in [0.15, 0.2) is 29.4 Å². The molecule has 0 saturated carbocycles. The van der Waals surface area contributed by atoms with E-state index in [1.165, 1.54) is 0 Å². The number of carbonyl (C=O) groups excluding carboxylic acids is 1. The summed E-state index contributed by atoms with van der Waals surface area (Å²) in [4.78, 5) is 14.6. The molecule has 1 amide bonds. The van der Waals surface area contributed by atoms with Gasteiger partial charge in [-0.2, -0.15) is 0 Å². The molecule has 11 nitrogen and oxygen atoms in total. The molecule has 0 aliphatic carbocycles. The van der Waals surface area contributed by atoms with E-state index < -0.39 is 0 Å². The number of ether oxygens (including phenoxy) is 6. The molecule has 174 valence electrons. The number of carbonyl (C=O) groups is 1. The Morgan fingerprint density at radius 2 is 1.32 bits per heavy atom. The van der Waals surface area contributed by atoms with Gasteiger partial charge in [-0.05, 0) is 29.8 Å². The van der Waals surface area contributed by atoms with E-state index in [4.69, 9.17) is 34.0 Å². The molecule has 0 spiro atoms. The van der Waals surface area contributed by atoms with E-state index in [1.54, 1.807) is 31.4 Å². The average Bonchev–Trinajstić information content (AvgIpc) is 2.80. The predicted molar refractivity (Wildman–Crippen MR) is 113 cm³/mol. The van der Waals surface area contributed by atoms with Crippen molar-refractivity contribution in [1.82, 2.24) is 5.32 Å². The van der Waals surface area contributed by atoms with Crippen molar-refractivity contribution in [2.24, 2.45) is 5.11 Å². The zero-order chi connectivity index (χ0) is 22.4. The highest BCUT2D eigenvalue weighted by atomic mass is 16.6. The fourth-order valence-electron chi connectivity index (χ4n) is 2.21. The number of nitrogens with one attached hydrogen (secondary N) is 1. The summed E-state index contributed by atoms with van der Waals surface area (Å²) in [5, 5.41) is 6.15. The zero-order valence-electron chi connectivity index (χ0n) is 18.0. The summed E-state index contributed by atoms with van der Waals surface area (Å²) >= 11 is 0. The van der Waals surface area contributed by atoms with Crippen molar-refractivity contribution >= 4 is 5.91 Å². The van der Waals surface area contributed by atoms with Gasteiger partial charge < -0.3 is 33.7 Å². The Labute approximate surface area is 182 Å². The molecule has 0 aliphatic heterocycles. The second kappa shape index (κ2) is 19.6. The maximum absolute atomic E-state index is 12.0. The molecule has 0 saturated heterocycles. The smallest absolute Gasteiger partial charge is 0.251 e. The van der Waals surface area contributed by atoms with E-state index >= 15 is 0 Å². The Morgan fingerprint density at radius 1 is 0.839 bits per heavy atom. The lowest BCUT2D eigenvalue weighted by Crippen LogP contribution is -2.27. The minimum absolute atomic E-state index is 0.151. The highest BCUT2D eigenvalue weighted by molar-refractivity contribution is 5.94. The van der Waals surface area contributed by atoms with Crippen LogP contribution >= 0.6 is 0 Å². The summed E-state index contributed by atoms with van der Waals surface area (Å²) in [6.07, 6.45) is 0. The van der Waals surface area contributed by atoms with Crippen LogP contribution in [-0.2, 0) is 23.7 Å². The first-order chi connectivity index (χ1) is 15.3. The number of hydrogen-bond acceptors (Lipinski definition) is 8. The molecule has 1 N–H and O–H groups in total. The summed E-state index contributed by atoms with van der Waals surface area (Å²) in [5.41, 5.74) is 8.67. The van der Waals surface area contributed by atoms with Gasteiger partial charge in [-0.15, -0.1) is 0 Å². The number of nitrogens with zero attached hydrogens (tertiary/aromatic N) is 3. The lowest BCUT2D eigenvalue weighted by atomic mass is 10.2. The van der Waals surface area contributed by atoms with Crippen LogP contribution in [-0.4, -0.2) is 92.2 Å². The van der Waals surface area contributed by atoms with E-state index in [-0.39, 0.29) is 5.91 Å².